The van der Waals surface area contributed by atoms with E-state index < -0.39 is 23.5 Å². The monoisotopic (exact) mass is 398 g/mol. The first kappa shape index (κ1) is 21.5. The van der Waals surface area contributed by atoms with E-state index in [1.807, 2.05) is 0 Å². The predicted octanol–water partition coefficient (Wildman–Crippen LogP) is 6.80. The van der Waals surface area contributed by atoms with E-state index in [0.717, 1.165) is 24.3 Å². The van der Waals surface area contributed by atoms with E-state index >= 15 is 0 Å². The number of halogens is 6. The van der Waals surface area contributed by atoms with Gasteiger partial charge in [-0.25, -0.2) is 0 Å². The highest BCUT2D eigenvalue weighted by atomic mass is 19.4. The first-order chi connectivity index (χ1) is 13.1. The highest BCUT2D eigenvalue weighted by molar-refractivity contribution is 5.82. The molecule has 0 spiro atoms. The maximum atomic E-state index is 12.6. The molecule has 0 N–H and O–H groups in total. The zero-order chi connectivity index (χ0) is 20.8. The van der Waals surface area contributed by atoms with Crippen molar-refractivity contribution >= 4 is 17.9 Å². The Hall–Kier alpha value is -2.83. The summed E-state index contributed by atoms with van der Waals surface area (Å²) >= 11 is 0. The third-order valence-corrected chi connectivity index (χ3v) is 3.74. The number of carbonyl (C=O) groups excluding carboxylic acids is 1. The lowest BCUT2D eigenvalue weighted by molar-refractivity contribution is -0.138. The average Bonchev–Trinajstić information content (AvgIpc) is 2.61. The molecule has 0 bridgehead atoms. The molecule has 0 aliphatic heterocycles. The van der Waals surface area contributed by atoms with Crippen LogP contribution in [0.3, 0.4) is 0 Å². The van der Waals surface area contributed by atoms with Crippen LogP contribution in [0, 0.1) is 0 Å². The minimum atomic E-state index is -4.44. The van der Waals surface area contributed by atoms with Gasteiger partial charge < -0.3 is 0 Å². The van der Waals surface area contributed by atoms with Gasteiger partial charge in [-0.3, -0.25) is 4.79 Å². The van der Waals surface area contributed by atoms with Crippen LogP contribution in [0.4, 0.5) is 26.3 Å². The second-order valence-electron chi connectivity index (χ2n) is 6.00. The topological polar surface area (TPSA) is 17.1 Å². The normalized spacial score (nSPS) is 12.8. The maximum absolute atomic E-state index is 12.6. The first-order valence-electron chi connectivity index (χ1n) is 8.25. The van der Waals surface area contributed by atoms with Gasteiger partial charge in [0.05, 0.1) is 11.1 Å². The summed E-state index contributed by atoms with van der Waals surface area (Å²) in [5, 5.41) is 0. The Bertz CT molecular complexity index is 803. The second kappa shape index (κ2) is 8.91. The van der Waals surface area contributed by atoms with Crippen molar-refractivity contribution in [2.45, 2.75) is 25.2 Å². The second-order valence-corrected chi connectivity index (χ2v) is 6.00. The molecule has 148 valence electrons. The summed E-state index contributed by atoms with van der Waals surface area (Å²) in [6.45, 7) is 0. The largest absolute Gasteiger partial charge is 0.416 e. The van der Waals surface area contributed by atoms with E-state index in [-0.39, 0.29) is 18.6 Å². The molecular formula is C21H16F6O. The van der Waals surface area contributed by atoms with E-state index in [9.17, 15) is 31.1 Å². The van der Waals surface area contributed by atoms with Crippen molar-refractivity contribution in [2.24, 2.45) is 0 Å². The van der Waals surface area contributed by atoms with Crippen LogP contribution >= 0.6 is 0 Å². The van der Waals surface area contributed by atoms with Crippen LogP contribution < -0.4 is 0 Å². The highest BCUT2D eigenvalue weighted by Gasteiger charge is 2.30. The van der Waals surface area contributed by atoms with Crippen LogP contribution in [-0.4, -0.2) is 5.78 Å². The van der Waals surface area contributed by atoms with Gasteiger partial charge in [0.15, 0.2) is 0 Å². The Balaban J connectivity index is 1.90. The molecule has 2 aromatic carbocycles. The summed E-state index contributed by atoms with van der Waals surface area (Å²) in [5.74, 6) is -0.216. The fourth-order valence-electron chi connectivity index (χ4n) is 2.37. The Morgan fingerprint density at radius 3 is 1.46 bits per heavy atom. The number of hydrogen-bond donors (Lipinski definition) is 0. The molecule has 0 saturated carbocycles. The molecule has 0 aromatic heterocycles. The summed E-state index contributed by atoms with van der Waals surface area (Å²) in [5.41, 5.74) is -0.903. The van der Waals surface area contributed by atoms with Crippen LogP contribution in [-0.2, 0) is 17.1 Å². The molecule has 0 aliphatic rings. The summed E-state index contributed by atoms with van der Waals surface area (Å²) in [6.07, 6.45) is -3.12. The molecule has 0 unspecified atom stereocenters. The number of hydrogen-bond acceptors (Lipinski definition) is 1. The number of carbonyl (C=O) groups is 1. The highest BCUT2D eigenvalue weighted by Crippen LogP contribution is 2.30. The van der Waals surface area contributed by atoms with Crippen LogP contribution in [0.25, 0.3) is 12.2 Å². The molecule has 7 heteroatoms. The van der Waals surface area contributed by atoms with E-state index in [1.165, 1.54) is 48.6 Å². The number of allylic oxidation sites excluding steroid dienone is 2. The van der Waals surface area contributed by atoms with Gasteiger partial charge in [-0.15, -0.1) is 0 Å². The zero-order valence-corrected chi connectivity index (χ0v) is 14.5. The van der Waals surface area contributed by atoms with Gasteiger partial charge in [0, 0.05) is 12.8 Å². The Kier molecular flexibility index (Phi) is 6.83. The van der Waals surface area contributed by atoms with Crippen LogP contribution in [0.2, 0.25) is 0 Å². The van der Waals surface area contributed by atoms with Gasteiger partial charge in [0.1, 0.15) is 5.78 Å². The van der Waals surface area contributed by atoms with Crippen molar-refractivity contribution in [3.63, 3.8) is 0 Å². The quantitative estimate of drug-likeness (QED) is 0.489. The predicted molar refractivity (Wildman–Crippen MR) is 95.2 cm³/mol. The van der Waals surface area contributed by atoms with Crippen molar-refractivity contribution < 1.29 is 31.1 Å². The molecule has 0 fully saturated rings. The number of ketones is 1. The molecule has 0 aliphatic carbocycles. The minimum absolute atomic E-state index is 0.00315. The smallest absolute Gasteiger partial charge is 0.299 e. The molecular weight excluding hydrogens is 382 g/mol. The van der Waals surface area contributed by atoms with Crippen LogP contribution in [0.5, 0.6) is 0 Å². The Morgan fingerprint density at radius 2 is 1.11 bits per heavy atom. The number of Topliss-reactive ketones (excluding diaryl/α,β-unsaturated/α-hetero) is 1. The van der Waals surface area contributed by atoms with Crippen molar-refractivity contribution in [1.29, 1.82) is 0 Å². The number of rotatable bonds is 6. The molecule has 2 aromatic rings. The van der Waals surface area contributed by atoms with Gasteiger partial charge in [-0.05, 0) is 35.4 Å². The first-order valence-corrected chi connectivity index (χ1v) is 8.25. The third kappa shape index (κ3) is 6.72. The van der Waals surface area contributed by atoms with Gasteiger partial charge in [0.2, 0.25) is 0 Å². The number of benzene rings is 2. The number of alkyl halides is 6. The third-order valence-electron chi connectivity index (χ3n) is 3.74. The van der Waals surface area contributed by atoms with Crippen molar-refractivity contribution in [3.05, 3.63) is 82.9 Å². The summed E-state index contributed by atoms with van der Waals surface area (Å²) < 4.78 is 75.8. The fraction of sp³-hybridized carbons (Fsp3) is 0.190. The molecule has 28 heavy (non-hydrogen) atoms. The van der Waals surface area contributed by atoms with Gasteiger partial charge in [-0.2, -0.15) is 26.3 Å². The van der Waals surface area contributed by atoms with Crippen molar-refractivity contribution in [3.8, 4) is 0 Å². The van der Waals surface area contributed by atoms with Gasteiger partial charge >= 0.3 is 12.4 Å². The van der Waals surface area contributed by atoms with Crippen molar-refractivity contribution in [2.75, 3.05) is 0 Å². The fourth-order valence-corrected chi connectivity index (χ4v) is 2.37. The minimum Gasteiger partial charge on any atom is -0.299 e. The Labute approximate surface area is 158 Å². The molecule has 0 atom stereocenters. The van der Waals surface area contributed by atoms with Gasteiger partial charge in [-0.1, -0.05) is 48.6 Å². The summed E-state index contributed by atoms with van der Waals surface area (Å²) in [6, 6.07) is 9.42. The molecule has 0 heterocycles. The molecule has 1 nitrogen and oxygen atoms in total. The SMILES string of the molecule is O=C(CC=Cc1cccc(C(F)(F)F)c1)CC=Cc1cccc(C(F)(F)F)c1. The van der Waals surface area contributed by atoms with Crippen molar-refractivity contribution in [1.82, 2.24) is 0 Å². The maximum Gasteiger partial charge on any atom is 0.416 e. The van der Waals surface area contributed by atoms with E-state index in [2.05, 4.69) is 0 Å². The molecule has 0 amide bonds. The Morgan fingerprint density at radius 1 is 0.714 bits per heavy atom. The average molecular weight is 398 g/mol. The van der Waals surface area contributed by atoms with Crippen LogP contribution in [0.15, 0.2) is 60.7 Å². The lowest BCUT2D eigenvalue weighted by Gasteiger charge is -2.06. The van der Waals surface area contributed by atoms with Crippen LogP contribution in [0.1, 0.15) is 35.1 Å². The lowest BCUT2D eigenvalue weighted by Crippen LogP contribution is -2.04. The summed E-state index contributed by atoms with van der Waals surface area (Å²) in [7, 11) is 0. The zero-order valence-electron chi connectivity index (χ0n) is 14.5. The molecule has 2 rings (SSSR count). The lowest BCUT2D eigenvalue weighted by atomic mass is 10.1. The summed E-state index contributed by atoms with van der Waals surface area (Å²) in [4.78, 5) is 11.8. The van der Waals surface area contributed by atoms with E-state index in [0.29, 0.717) is 11.1 Å². The molecule has 0 radical (unpaired) electrons. The van der Waals surface area contributed by atoms with Gasteiger partial charge in [0.25, 0.3) is 0 Å². The van der Waals surface area contributed by atoms with E-state index in [4.69, 9.17) is 0 Å². The van der Waals surface area contributed by atoms with E-state index in [1.54, 1.807) is 0 Å². The standard InChI is InChI=1S/C21H16F6O/c22-20(23,24)17-9-1-5-15(13-17)7-3-11-19(28)12-4-8-16-6-2-10-18(14-16)21(25,26)27/h1-10,13-14H,11-12H2. The molecule has 0 saturated heterocycles.